The summed E-state index contributed by atoms with van der Waals surface area (Å²) >= 11 is 0. The number of amides is 2. The number of likely N-dealkylation sites (tertiary alicyclic amines) is 1. The van der Waals surface area contributed by atoms with Gasteiger partial charge < -0.3 is 10.2 Å². The number of nitrogens with two attached hydrogens (primary N) is 1. The van der Waals surface area contributed by atoms with Gasteiger partial charge in [0.1, 0.15) is 0 Å². The van der Waals surface area contributed by atoms with Crippen molar-refractivity contribution in [1.82, 2.24) is 10.2 Å². The van der Waals surface area contributed by atoms with Gasteiger partial charge in [-0.15, -0.1) is 0 Å². The van der Waals surface area contributed by atoms with Gasteiger partial charge in [0.15, 0.2) is 0 Å². The van der Waals surface area contributed by atoms with E-state index in [1.54, 1.807) is 18.2 Å². The van der Waals surface area contributed by atoms with Crippen LogP contribution >= 0.6 is 0 Å². The summed E-state index contributed by atoms with van der Waals surface area (Å²) < 4.78 is 23.3. The van der Waals surface area contributed by atoms with Crippen molar-refractivity contribution in [3.8, 4) is 0 Å². The van der Waals surface area contributed by atoms with Gasteiger partial charge >= 0.3 is 6.03 Å². The van der Waals surface area contributed by atoms with Crippen molar-refractivity contribution in [3.05, 3.63) is 29.8 Å². The molecule has 1 aromatic carbocycles. The second-order valence-electron chi connectivity index (χ2n) is 7.36. The SMILES string of the molecule is NS(=O)(=O)c1ccccc1CNC(=O)N1CCCC2(CCCC2)CC1. The molecule has 2 amide bonds. The van der Waals surface area contributed by atoms with Gasteiger partial charge in [0.25, 0.3) is 0 Å². The highest BCUT2D eigenvalue weighted by Crippen LogP contribution is 2.46. The quantitative estimate of drug-likeness (QED) is 0.862. The third kappa shape index (κ3) is 4.33. The molecule has 3 N–H and O–H groups in total. The third-order valence-corrected chi connectivity index (χ3v) is 6.72. The number of primary sulfonamides is 1. The van der Waals surface area contributed by atoms with Gasteiger partial charge in [-0.25, -0.2) is 18.4 Å². The lowest BCUT2D eigenvalue weighted by atomic mass is 9.79. The van der Waals surface area contributed by atoms with Gasteiger partial charge in [-0.1, -0.05) is 31.0 Å². The van der Waals surface area contributed by atoms with Crippen LogP contribution in [0.25, 0.3) is 0 Å². The highest BCUT2D eigenvalue weighted by molar-refractivity contribution is 7.89. The monoisotopic (exact) mass is 365 g/mol. The Morgan fingerprint density at radius 1 is 1.08 bits per heavy atom. The number of carbonyl (C=O) groups excluding carboxylic acids is 1. The predicted molar refractivity (Wildman–Crippen MR) is 96.4 cm³/mol. The van der Waals surface area contributed by atoms with Gasteiger partial charge in [-0.05, 0) is 49.1 Å². The largest absolute Gasteiger partial charge is 0.334 e. The Morgan fingerprint density at radius 2 is 1.76 bits per heavy atom. The van der Waals surface area contributed by atoms with Crippen molar-refractivity contribution < 1.29 is 13.2 Å². The number of nitrogens with zero attached hydrogens (tertiary/aromatic N) is 1. The van der Waals surface area contributed by atoms with Crippen LogP contribution < -0.4 is 10.5 Å². The minimum Gasteiger partial charge on any atom is -0.334 e. The van der Waals surface area contributed by atoms with Gasteiger partial charge in [0.2, 0.25) is 10.0 Å². The third-order valence-electron chi connectivity index (χ3n) is 5.71. The summed E-state index contributed by atoms with van der Waals surface area (Å²) in [6.45, 7) is 1.71. The zero-order chi connectivity index (χ0) is 17.9. The molecule has 0 radical (unpaired) electrons. The molecule has 1 aliphatic carbocycles. The first-order chi connectivity index (χ1) is 11.9. The van der Waals surface area contributed by atoms with E-state index in [2.05, 4.69) is 5.32 Å². The molecule has 1 saturated carbocycles. The molecule has 0 aromatic heterocycles. The summed E-state index contributed by atoms with van der Waals surface area (Å²) in [6, 6.07) is 6.38. The average Bonchev–Trinajstić information content (AvgIpc) is 2.93. The van der Waals surface area contributed by atoms with E-state index in [9.17, 15) is 13.2 Å². The lowest BCUT2D eigenvalue weighted by Crippen LogP contribution is -2.40. The molecule has 2 aliphatic rings. The second kappa shape index (κ2) is 7.33. The molecule has 3 rings (SSSR count). The molecule has 0 unspecified atom stereocenters. The summed E-state index contributed by atoms with van der Waals surface area (Å²) in [4.78, 5) is 14.5. The summed E-state index contributed by atoms with van der Waals surface area (Å²) in [5.41, 5.74) is 0.968. The van der Waals surface area contributed by atoms with E-state index in [-0.39, 0.29) is 17.5 Å². The van der Waals surface area contributed by atoms with E-state index in [1.807, 2.05) is 4.90 Å². The molecule has 1 aliphatic heterocycles. The molecule has 0 bridgehead atoms. The molecule has 1 aromatic rings. The van der Waals surface area contributed by atoms with Crippen molar-refractivity contribution in [3.63, 3.8) is 0 Å². The fraction of sp³-hybridized carbons (Fsp3) is 0.611. The van der Waals surface area contributed by atoms with Crippen LogP contribution in [0.4, 0.5) is 4.79 Å². The van der Waals surface area contributed by atoms with Crippen molar-refractivity contribution >= 4 is 16.1 Å². The van der Waals surface area contributed by atoms with Crippen LogP contribution in [-0.2, 0) is 16.6 Å². The maximum atomic E-state index is 12.5. The number of carbonyl (C=O) groups is 1. The van der Waals surface area contributed by atoms with Crippen molar-refractivity contribution in [2.45, 2.75) is 56.4 Å². The minimum absolute atomic E-state index is 0.0658. The van der Waals surface area contributed by atoms with Gasteiger partial charge in [-0.3, -0.25) is 0 Å². The van der Waals surface area contributed by atoms with E-state index in [1.165, 1.54) is 38.2 Å². The molecular formula is C18H27N3O3S. The lowest BCUT2D eigenvalue weighted by Gasteiger charge is -2.27. The molecule has 2 fully saturated rings. The first kappa shape index (κ1) is 18.2. The lowest BCUT2D eigenvalue weighted by molar-refractivity contribution is 0.194. The molecule has 7 heteroatoms. The Kier molecular flexibility index (Phi) is 5.34. The zero-order valence-electron chi connectivity index (χ0n) is 14.5. The smallest absolute Gasteiger partial charge is 0.317 e. The van der Waals surface area contributed by atoms with E-state index < -0.39 is 10.0 Å². The highest BCUT2D eigenvalue weighted by atomic mass is 32.2. The number of rotatable bonds is 3. The standard InChI is InChI=1S/C18H27N3O3S/c19-25(23,24)16-7-2-1-6-15(16)14-20-17(22)21-12-5-10-18(11-13-21)8-3-4-9-18/h1-2,6-7H,3-5,8-14H2,(H,20,22)(H2,19,23,24). The number of benzene rings is 1. The van der Waals surface area contributed by atoms with E-state index >= 15 is 0 Å². The fourth-order valence-corrected chi connectivity index (χ4v) is 5.07. The zero-order valence-corrected chi connectivity index (χ0v) is 15.4. The van der Waals surface area contributed by atoms with E-state index in [0.717, 1.165) is 25.9 Å². The maximum absolute atomic E-state index is 12.5. The van der Waals surface area contributed by atoms with Gasteiger partial charge in [0.05, 0.1) is 4.90 Å². The van der Waals surface area contributed by atoms with Crippen LogP contribution in [0.5, 0.6) is 0 Å². The van der Waals surface area contributed by atoms with Gasteiger partial charge in [0, 0.05) is 19.6 Å². The number of nitrogens with one attached hydrogen (secondary N) is 1. The Labute approximate surface area is 149 Å². The van der Waals surface area contributed by atoms with Crippen molar-refractivity contribution in [1.29, 1.82) is 0 Å². The Hall–Kier alpha value is -1.60. The van der Waals surface area contributed by atoms with Crippen molar-refractivity contribution in [2.75, 3.05) is 13.1 Å². The number of urea groups is 1. The normalized spacial score (nSPS) is 20.4. The summed E-state index contributed by atoms with van der Waals surface area (Å²) in [5.74, 6) is 0. The Bertz CT molecular complexity index is 727. The summed E-state index contributed by atoms with van der Waals surface area (Å²) in [5, 5.41) is 8.10. The van der Waals surface area contributed by atoms with Crippen LogP contribution in [0.3, 0.4) is 0 Å². The number of hydrogen-bond acceptors (Lipinski definition) is 3. The average molecular weight is 365 g/mol. The first-order valence-electron chi connectivity index (χ1n) is 9.03. The fourth-order valence-electron chi connectivity index (χ4n) is 4.29. The van der Waals surface area contributed by atoms with Crippen LogP contribution in [0, 0.1) is 5.41 Å². The van der Waals surface area contributed by atoms with Crippen LogP contribution in [0.1, 0.15) is 50.5 Å². The first-order valence-corrected chi connectivity index (χ1v) is 10.6. The minimum atomic E-state index is -3.79. The highest BCUT2D eigenvalue weighted by Gasteiger charge is 2.36. The molecule has 1 heterocycles. The summed E-state index contributed by atoms with van der Waals surface area (Å²) in [7, 11) is -3.79. The topological polar surface area (TPSA) is 92.5 Å². The Morgan fingerprint density at radius 3 is 2.48 bits per heavy atom. The van der Waals surface area contributed by atoms with Crippen molar-refractivity contribution in [2.24, 2.45) is 10.6 Å². The molecule has 0 atom stereocenters. The van der Waals surface area contributed by atoms with E-state index in [4.69, 9.17) is 5.14 Å². The number of hydrogen-bond donors (Lipinski definition) is 2. The van der Waals surface area contributed by atoms with Crippen LogP contribution in [0.15, 0.2) is 29.2 Å². The molecule has 1 spiro atoms. The molecule has 6 nitrogen and oxygen atoms in total. The number of sulfonamides is 1. The Balaban J connectivity index is 1.60. The molecule has 1 saturated heterocycles. The van der Waals surface area contributed by atoms with Crippen LogP contribution in [-0.4, -0.2) is 32.4 Å². The van der Waals surface area contributed by atoms with E-state index in [0.29, 0.717) is 11.0 Å². The molecule has 25 heavy (non-hydrogen) atoms. The predicted octanol–water partition coefficient (Wildman–Crippen LogP) is 2.59. The van der Waals surface area contributed by atoms with Crippen LogP contribution in [0.2, 0.25) is 0 Å². The summed E-state index contributed by atoms with van der Waals surface area (Å²) in [6.07, 6.45) is 8.56. The second-order valence-corrected chi connectivity index (χ2v) is 8.89. The molecular weight excluding hydrogens is 338 g/mol. The van der Waals surface area contributed by atoms with Gasteiger partial charge in [-0.2, -0.15) is 0 Å². The maximum Gasteiger partial charge on any atom is 0.317 e. The molecule has 138 valence electrons.